The summed E-state index contributed by atoms with van der Waals surface area (Å²) in [5, 5.41) is 4.47. The minimum atomic E-state index is -0.211. The van der Waals surface area contributed by atoms with E-state index in [9.17, 15) is 4.79 Å². The fourth-order valence-corrected chi connectivity index (χ4v) is 2.80. The Morgan fingerprint density at radius 2 is 1.76 bits per heavy atom. The van der Waals surface area contributed by atoms with E-state index in [2.05, 4.69) is 5.10 Å². The van der Waals surface area contributed by atoms with Gasteiger partial charge in [0.1, 0.15) is 6.61 Å². The Morgan fingerprint density at radius 1 is 1.04 bits per heavy atom. The van der Waals surface area contributed by atoms with Crippen molar-refractivity contribution in [2.45, 2.75) is 33.8 Å². The fourth-order valence-electron chi connectivity index (χ4n) is 2.80. The van der Waals surface area contributed by atoms with E-state index in [1.807, 2.05) is 80.1 Å². The van der Waals surface area contributed by atoms with E-state index in [0.717, 1.165) is 33.8 Å². The largest absolute Gasteiger partial charge is 0.461 e. The number of nitrogens with zero attached hydrogens (tertiary/aromatic N) is 2. The second kappa shape index (κ2) is 7.34. The molecule has 3 aromatic rings. The molecule has 0 aliphatic carbocycles. The van der Waals surface area contributed by atoms with Gasteiger partial charge in [-0.25, -0.2) is 4.68 Å². The molecule has 3 rings (SSSR count). The van der Waals surface area contributed by atoms with Crippen LogP contribution < -0.4 is 0 Å². The average molecular weight is 334 g/mol. The number of ether oxygens (including phenoxy) is 1. The van der Waals surface area contributed by atoms with Gasteiger partial charge in [0, 0.05) is 5.69 Å². The zero-order valence-electron chi connectivity index (χ0n) is 14.8. The molecule has 1 heterocycles. The topological polar surface area (TPSA) is 44.1 Å². The summed E-state index contributed by atoms with van der Waals surface area (Å²) in [7, 11) is 0. The highest BCUT2D eigenvalue weighted by Crippen LogP contribution is 2.14. The minimum absolute atomic E-state index is 0.211. The van der Waals surface area contributed by atoms with Crippen molar-refractivity contribution in [3.63, 3.8) is 0 Å². The summed E-state index contributed by atoms with van der Waals surface area (Å²) in [6.45, 7) is 6.29. The second-order valence-corrected chi connectivity index (χ2v) is 6.27. The van der Waals surface area contributed by atoms with E-state index >= 15 is 0 Å². The van der Waals surface area contributed by atoms with Crippen molar-refractivity contribution in [1.29, 1.82) is 0 Å². The van der Waals surface area contributed by atoms with Crippen LogP contribution in [0.4, 0.5) is 0 Å². The predicted molar refractivity (Wildman–Crippen MR) is 97.7 cm³/mol. The number of hydrogen-bond acceptors (Lipinski definition) is 3. The summed E-state index contributed by atoms with van der Waals surface area (Å²) in [6, 6.07) is 17.8. The van der Waals surface area contributed by atoms with Gasteiger partial charge in [-0.15, -0.1) is 0 Å². The van der Waals surface area contributed by atoms with Gasteiger partial charge in [-0.05, 0) is 55.7 Å². The van der Waals surface area contributed by atoms with Crippen LogP contribution in [0.3, 0.4) is 0 Å². The summed E-state index contributed by atoms with van der Waals surface area (Å²) in [5.74, 6) is -0.211. The van der Waals surface area contributed by atoms with Crippen LogP contribution in [0.2, 0.25) is 0 Å². The third-order valence-electron chi connectivity index (χ3n) is 4.19. The van der Waals surface area contributed by atoms with Crippen molar-refractivity contribution in [3.05, 3.63) is 82.7 Å². The highest BCUT2D eigenvalue weighted by molar-refractivity contribution is 5.73. The highest BCUT2D eigenvalue weighted by Gasteiger charge is 2.08. The number of esters is 1. The zero-order valence-corrected chi connectivity index (χ0v) is 14.8. The first-order valence-electron chi connectivity index (χ1n) is 8.35. The molecular formula is C21H22N2O2. The molecule has 0 unspecified atom stereocenters. The maximum absolute atomic E-state index is 12.0. The normalized spacial score (nSPS) is 10.7. The summed E-state index contributed by atoms with van der Waals surface area (Å²) in [6.07, 6.45) is 0.302. The first-order chi connectivity index (χ1) is 12.0. The lowest BCUT2D eigenvalue weighted by atomic mass is 10.1. The molecule has 0 radical (unpaired) electrons. The number of carbonyl (C=O) groups excluding carboxylic acids is 1. The molecular weight excluding hydrogens is 312 g/mol. The summed E-state index contributed by atoms with van der Waals surface area (Å²) in [4.78, 5) is 12.0. The van der Waals surface area contributed by atoms with Crippen molar-refractivity contribution >= 4 is 5.97 Å². The smallest absolute Gasteiger partial charge is 0.310 e. The third kappa shape index (κ3) is 4.15. The average Bonchev–Trinajstić information content (AvgIpc) is 2.94. The molecule has 0 N–H and O–H groups in total. The number of hydrogen-bond donors (Lipinski definition) is 0. The van der Waals surface area contributed by atoms with Gasteiger partial charge in [-0.3, -0.25) is 4.79 Å². The Kier molecular flexibility index (Phi) is 4.98. The van der Waals surface area contributed by atoms with Gasteiger partial charge in [0.15, 0.2) is 0 Å². The quantitative estimate of drug-likeness (QED) is 0.660. The molecule has 25 heavy (non-hydrogen) atoms. The number of carbonyl (C=O) groups is 1. The Morgan fingerprint density at radius 3 is 2.40 bits per heavy atom. The lowest BCUT2D eigenvalue weighted by Gasteiger charge is -2.08. The van der Waals surface area contributed by atoms with Crippen LogP contribution in [-0.4, -0.2) is 15.7 Å². The molecule has 0 fully saturated rings. The van der Waals surface area contributed by atoms with Crippen molar-refractivity contribution in [3.8, 4) is 5.69 Å². The predicted octanol–water partition coefficient (Wildman–Crippen LogP) is 4.08. The molecule has 1 aromatic heterocycles. The van der Waals surface area contributed by atoms with E-state index in [4.69, 9.17) is 4.74 Å². The Hall–Kier alpha value is -2.88. The maximum Gasteiger partial charge on any atom is 0.310 e. The van der Waals surface area contributed by atoms with Gasteiger partial charge in [0.2, 0.25) is 0 Å². The van der Waals surface area contributed by atoms with Crippen LogP contribution in [0.5, 0.6) is 0 Å². The molecule has 4 heteroatoms. The first-order valence-corrected chi connectivity index (χ1v) is 8.35. The summed E-state index contributed by atoms with van der Waals surface area (Å²) in [5.41, 5.74) is 6.16. The van der Waals surface area contributed by atoms with Gasteiger partial charge in [-0.2, -0.15) is 5.10 Å². The van der Waals surface area contributed by atoms with Crippen LogP contribution in [-0.2, 0) is 22.6 Å². The number of rotatable bonds is 5. The zero-order chi connectivity index (χ0) is 17.8. The molecule has 0 spiro atoms. The van der Waals surface area contributed by atoms with E-state index in [1.165, 1.54) is 0 Å². The van der Waals surface area contributed by atoms with Crippen molar-refractivity contribution in [2.24, 2.45) is 0 Å². The molecule has 0 bridgehead atoms. The Balaban J connectivity index is 1.59. The van der Waals surface area contributed by atoms with Crippen molar-refractivity contribution in [2.75, 3.05) is 0 Å². The van der Waals surface area contributed by atoms with E-state index < -0.39 is 0 Å². The van der Waals surface area contributed by atoms with Gasteiger partial charge in [0.25, 0.3) is 0 Å². The molecule has 0 atom stereocenters. The molecule has 0 amide bonds. The van der Waals surface area contributed by atoms with E-state index in [0.29, 0.717) is 6.42 Å². The van der Waals surface area contributed by atoms with Crippen molar-refractivity contribution in [1.82, 2.24) is 9.78 Å². The third-order valence-corrected chi connectivity index (χ3v) is 4.19. The molecule has 0 aliphatic rings. The fraction of sp³-hybridized carbons (Fsp3) is 0.238. The SMILES string of the molecule is Cc1cc(C)n(-c2ccc(COC(=O)Cc3ccccc3C)cc2)n1. The van der Waals surface area contributed by atoms with E-state index in [-0.39, 0.29) is 12.6 Å². The molecule has 2 aromatic carbocycles. The lowest BCUT2D eigenvalue weighted by molar-refractivity contribution is -0.144. The van der Waals surface area contributed by atoms with Gasteiger partial charge < -0.3 is 4.74 Å². The van der Waals surface area contributed by atoms with Gasteiger partial charge in [-0.1, -0.05) is 36.4 Å². The monoisotopic (exact) mass is 334 g/mol. The standard InChI is InChI=1S/C21H22N2O2/c1-15-6-4-5-7-19(15)13-21(24)25-14-18-8-10-20(11-9-18)23-17(3)12-16(2)22-23/h4-12H,13-14H2,1-3H3. The maximum atomic E-state index is 12.0. The lowest BCUT2D eigenvalue weighted by Crippen LogP contribution is -2.09. The molecule has 0 saturated carbocycles. The number of benzene rings is 2. The van der Waals surface area contributed by atoms with Crippen LogP contribution >= 0.6 is 0 Å². The first kappa shape index (κ1) is 17.0. The molecule has 0 saturated heterocycles. The molecule has 0 aliphatic heterocycles. The van der Waals surface area contributed by atoms with Gasteiger partial charge >= 0.3 is 5.97 Å². The van der Waals surface area contributed by atoms with E-state index in [1.54, 1.807) is 0 Å². The Bertz CT molecular complexity index is 879. The minimum Gasteiger partial charge on any atom is -0.461 e. The Labute approximate surface area is 148 Å². The van der Waals surface area contributed by atoms with Crippen LogP contribution in [0.15, 0.2) is 54.6 Å². The number of aryl methyl sites for hydroxylation is 3. The van der Waals surface area contributed by atoms with Crippen LogP contribution in [0.25, 0.3) is 5.69 Å². The second-order valence-electron chi connectivity index (χ2n) is 6.27. The summed E-state index contributed by atoms with van der Waals surface area (Å²) < 4.78 is 7.31. The van der Waals surface area contributed by atoms with Crippen LogP contribution in [0.1, 0.15) is 28.1 Å². The van der Waals surface area contributed by atoms with Crippen LogP contribution in [0, 0.1) is 20.8 Å². The summed E-state index contributed by atoms with van der Waals surface area (Å²) >= 11 is 0. The van der Waals surface area contributed by atoms with Gasteiger partial charge in [0.05, 0.1) is 17.8 Å². The molecule has 4 nitrogen and oxygen atoms in total. The molecule has 128 valence electrons. The van der Waals surface area contributed by atoms with Crippen molar-refractivity contribution < 1.29 is 9.53 Å². The highest BCUT2D eigenvalue weighted by atomic mass is 16.5. The number of aromatic nitrogens is 2.